The van der Waals surface area contributed by atoms with Gasteiger partial charge >= 0.3 is 0 Å². The number of hydrogen-bond donors (Lipinski definition) is 2. The topological polar surface area (TPSA) is 59.1 Å². The number of pyridine rings is 1. The Balaban J connectivity index is 3.17. The molecule has 0 radical (unpaired) electrons. The first-order valence-corrected chi connectivity index (χ1v) is 2.61. The molecule has 0 aliphatic heterocycles. The van der Waals surface area contributed by atoms with E-state index in [1.54, 1.807) is 13.9 Å². The molecule has 0 saturated heterocycles. The minimum absolute atomic E-state index is 0.154. The van der Waals surface area contributed by atoms with Gasteiger partial charge in [-0.2, -0.15) is 0 Å². The molecule has 3 N–H and O–H groups in total. The van der Waals surface area contributed by atoms with Crippen molar-refractivity contribution >= 4 is 19.1 Å². The number of aromatic nitrogens is 1. The van der Waals surface area contributed by atoms with Crippen LogP contribution in [0.1, 0.15) is 0 Å². The van der Waals surface area contributed by atoms with Crippen molar-refractivity contribution in [3.05, 3.63) is 12.3 Å². The fourth-order valence-electron chi connectivity index (χ4n) is 0.571. The van der Waals surface area contributed by atoms with Crippen molar-refractivity contribution in [1.82, 2.24) is 4.98 Å². The summed E-state index contributed by atoms with van der Waals surface area (Å²) in [6.45, 7) is 0. The van der Waals surface area contributed by atoms with E-state index in [1.165, 1.54) is 6.20 Å². The van der Waals surface area contributed by atoms with Crippen LogP contribution in [-0.2, 0) is 0 Å². The van der Waals surface area contributed by atoms with Crippen molar-refractivity contribution in [3.8, 4) is 5.75 Å². The van der Waals surface area contributed by atoms with Crippen LogP contribution in [0.2, 0.25) is 0 Å². The fraction of sp³-hybridized carbons (Fsp3) is 0. The van der Waals surface area contributed by atoms with Gasteiger partial charge in [-0.25, -0.2) is 4.98 Å². The molecule has 0 atom stereocenters. The molecule has 46 valence electrons. The first-order valence-electron chi connectivity index (χ1n) is 2.61. The van der Waals surface area contributed by atoms with Gasteiger partial charge in [0, 0.05) is 0 Å². The number of anilines is 1. The van der Waals surface area contributed by atoms with Gasteiger partial charge in [0.15, 0.2) is 0 Å². The van der Waals surface area contributed by atoms with Crippen LogP contribution >= 0.6 is 0 Å². The Hall–Kier alpha value is -1.19. The van der Waals surface area contributed by atoms with Crippen molar-refractivity contribution in [2.24, 2.45) is 0 Å². The van der Waals surface area contributed by atoms with E-state index >= 15 is 0 Å². The molecule has 0 unspecified atom stereocenters. The number of rotatable bonds is 0. The molecular weight excluding hydrogens is 115 g/mol. The van der Waals surface area contributed by atoms with E-state index in [4.69, 9.17) is 10.8 Å². The zero-order chi connectivity index (χ0) is 6.85. The van der Waals surface area contributed by atoms with Gasteiger partial charge in [0.1, 0.15) is 19.4 Å². The fourth-order valence-corrected chi connectivity index (χ4v) is 0.571. The highest BCUT2D eigenvalue weighted by Gasteiger charge is 1.93. The zero-order valence-corrected chi connectivity index (χ0v) is 5.13. The second kappa shape index (κ2) is 1.97. The van der Waals surface area contributed by atoms with Crippen LogP contribution in [0, 0.1) is 0 Å². The maximum absolute atomic E-state index is 8.82. The first-order chi connectivity index (χ1) is 4.20. The van der Waals surface area contributed by atoms with Crippen LogP contribution in [0.5, 0.6) is 5.75 Å². The van der Waals surface area contributed by atoms with Crippen LogP contribution in [0.25, 0.3) is 0 Å². The molecule has 4 heteroatoms. The normalized spacial score (nSPS) is 9.33. The quantitative estimate of drug-likeness (QED) is 0.417. The SMILES string of the molecule is Bc1cc(O)cnc1N. The lowest BCUT2D eigenvalue weighted by Crippen LogP contribution is -2.10. The van der Waals surface area contributed by atoms with Gasteiger partial charge in [0.05, 0.1) is 6.20 Å². The zero-order valence-electron chi connectivity index (χ0n) is 5.13. The molecule has 9 heavy (non-hydrogen) atoms. The number of hydrogen-bond acceptors (Lipinski definition) is 3. The van der Waals surface area contributed by atoms with Gasteiger partial charge in [-0.15, -0.1) is 0 Å². The smallest absolute Gasteiger partial charge is 0.144 e. The Morgan fingerprint density at radius 3 is 2.78 bits per heavy atom. The maximum Gasteiger partial charge on any atom is 0.144 e. The van der Waals surface area contributed by atoms with Gasteiger partial charge in [0.25, 0.3) is 0 Å². The highest BCUT2D eigenvalue weighted by atomic mass is 16.3. The summed E-state index contributed by atoms with van der Waals surface area (Å²) in [5.41, 5.74) is 6.17. The number of nitrogens with two attached hydrogens (primary N) is 1. The summed E-state index contributed by atoms with van der Waals surface area (Å²) >= 11 is 0. The molecule has 0 spiro atoms. The summed E-state index contributed by atoms with van der Waals surface area (Å²) in [6, 6.07) is 1.57. The number of nitrogen functional groups attached to an aromatic ring is 1. The van der Waals surface area contributed by atoms with Crippen molar-refractivity contribution in [2.75, 3.05) is 5.73 Å². The molecule has 0 bridgehead atoms. The lowest BCUT2D eigenvalue weighted by atomic mass is 9.97. The Morgan fingerprint density at radius 2 is 2.33 bits per heavy atom. The summed E-state index contributed by atoms with van der Waals surface area (Å²) in [4.78, 5) is 3.71. The largest absolute Gasteiger partial charge is 0.506 e. The summed E-state index contributed by atoms with van der Waals surface area (Å²) in [6.07, 6.45) is 1.32. The predicted molar refractivity (Wildman–Crippen MR) is 38.5 cm³/mol. The average molecular weight is 122 g/mol. The third-order valence-electron chi connectivity index (χ3n) is 1.10. The van der Waals surface area contributed by atoms with E-state index in [0.717, 1.165) is 5.46 Å². The molecule has 0 aromatic carbocycles. The minimum Gasteiger partial charge on any atom is -0.506 e. The molecule has 3 nitrogen and oxygen atoms in total. The highest BCUT2D eigenvalue weighted by molar-refractivity contribution is 6.35. The standard InChI is InChI=1S/C5H7BN2O/c6-4-1-3(9)2-8-5(4)7/h1-2,9H,6H2,(H2,7,8). The summed E-state index contributed by atoms with van der Waals surface area (Å²) in [5.74, 6) is 0.620. The van der Waals surface area contributed by atoms with Crippen LogP contribution in [-0.4, -0.2) is 17.9 Å². The summed E-state index contributed by atoms with van der Waals surface area (Å²) < 4.78 is 0. The van der Waals surface area contributed by atoms with Gasteiger partial charge < -0.3 is 10.8 Å². The Labute approximate surface area is 53.9 Å². The Bertz CT molecular complexity index is 226. The second-order valence-electron chi connectivity index (χ2n) is 1.90. The highest BCUT2D eigenvalue weighted by Crippen LogP contribution is 2.02. The number of aromatic hydroxyl groups is 1. The minimum atomic E-state index is 0.154. The van der Waals surface area contributed by atoms with Crippen LogP contribution in [0.3, 0.4) is 0 Å². The molecule has 0 aliphatic carbocycles. The second-order valence-corrected chi connectivity index (χ2v) is 1.90. The van der Waals surface area contributed by atoms with Crippen LogP contribution in [0.15, 0.2) is 12.3 Å². The predicted octanol–water partition coefficient (Wildman–Crippen LogP) is -1.37. The summed E-state index contributed by atoms with van der Waals surface area (Å²) in [5, 5.41) is 8.82. The third kappa shape index (κ3) is 1.13. The molecule has 1 rings (SSSR count). The maximum atomic E-state index is 8.82. The monoisotopic (exact) mass is 122 g/mol. The van der Waals surface area contributed by atoms with Crippen molar-refractivity contribution in [1.29, 1.82) is 0 Å². The molecule has 1 heterocycles. The molecular formula is C5H7BN2O. The van der Waals surface area contributed by atoms with E-state index in [9.17, 15) is 0 Å². The van der Waals surface area contributed by atoms with E-state index < -0.39 is 0 Å². The first kappa shape index (κ1) is 5.94. The Kier molecular flexibility index (Phi) is 1.30. The van der Waals surface area contributed by atoms with E-state index in [1.807, 2.05) is 0 Å². The third-order valence-corrected chi connectivity index (χ3v) is 1.10. The van der Waals surface area contributed by atoms with Crippen LogP contribution in [0.4, 0.5) is 5.82 Å². The van der Waals surface area contributed by atoms with E-state index in [2.05, 4.69) is 4.98 Å². The van der Waals surface area contributed by atoms with Crippen molar-refractivity contribution < 1.29 is 5.11 Å². The van der Waals surface area contributed by atoms with Crippen molar-refractivity contribution in [2.45, 2.75) is 0 Å². The molecule has 1 aromatic heterocycles. The van der Waals surface area contributed by atoms with Crippen molar-refractivity contribution in [3.63, 3.8) is 0 Å². The van der Waals surface area contributed by atoms with Gasteiger partial charge in [0.2, 0.25) is 0 Å². The van der Waals surface area contributed by atoms with Gasteiger partial charge in [-0.3, -0.25) is 0 Å². The molecule has 1 aromatic rings. The average Bonchev–Trinajstić information content (AvgIpc) is 1.80. The summed E-state index contributed by atoms with van der Waals surface area (Å²) in [7, 11) is 1.79. The molecule has 0 saturated carbocycles. The molecule has 0 amide bonds. The lowest BCUT2D eigenvalue weighted by molar-refractivity contribution is 0.473. The lowest BCUT2D eigenvalue weighted by Gasteiger charge is -1.96. The Morgan fingerprint density at radius 1 is 1.67 bits per heavy atom. The van der Waals surface area contributed by atoms with Gasteiger partial charge in [-0.05, 0) is 11.5 Å². The van der Waals surface area contributed by atoms with Gasteiger partial charge in [-0.1, -0.05) is 0 Å². The molecule has 0 aliphatic rings. The number of nitrogens with zero attached hydrogens (tertiary/aromatic N) is 1. The molecule has 0 fully saturated rings. The van der Waals surface area contributed by atoms with Crippen LogP contribution < -0.4 is 11.2 Å². The van der Waals surface area contributed by atoms with E-state index in [0.29, 0.717) is 5.82 Å². The van der Waals surface area contributed by atoms with E-state index in [-0.39, 0.29) is 5.75 Å².